The van der Waals surface area contributed by atoms with Crippen molar-refractivity contribution in [2.45, 2.75) is 38.7 Å². The summed E-state index contributed by atoms with van der Waals surface area (Å²) in [6.07, 6.45) is 2.71. The molecule has 1 unspecified atom stereocenters. The number of unbranched alkanes of at least 4 members (excludes halogenated alkanes) is 3. The first-order chi connectivity index (χ1) is 13.9. The van der Waals surface area contributed by atoms with E-state index in [9.17, 15) is 13.5 Å². The van der Waals surface area contributed by atoms with Gasteiger partial charge < -0.3 is 19.5 Å². The number of sulfonamides is 1. The van der Waals surface area contributed by atoms with E-state index >= 15 is 0 Å². The number of ether oxygens (including phenoxy) is 2. The number of piperazine rings is 1. The van der Waals surface area contributed by atoms with E-state index in [-0.39, 0.29) is 5.75 Å². The minimum Gasteiger partial charge on any atom is -0.493 e. The van der Waals surface area contributed by atoms with Gasteiger partial charge in [-0.15, -0.1) is 5.92 Å². The molecule has 0 spiro atoms. The summed E-state index contributed by atoms with van der Waals surface area (Å²) in [5, 5.41) is 9.99. The van der Waals surface area contributed by atoms with Crippen molar-refractivity contribution in [3.63, 3.8) is 0 Å². The third kappa shape index (κ3) is 6.81. The Bertz CT molecular complexity index is 808. The SMILES string of the molecule is CCCCCC#CC(O)CS(=O)(=O)N1CCN(c2ccc(OC)c(OC)c2)CC1. The molecule has 162 valence electrons. The number of rotatable bonds is 9. The van der Waals surface area contributed by atoms with E-state index in [4.69, 9.17) is 9.47 Å². The van der Waals surface area contributed by atoms with Crippen LogP contribution in [0.25, 0.3) is 0 Å². The first-order valence-electron chi connectivity index (χ1n) is 10.0. The van der Waals surface area contributed by atoms with Gasteiger partial charge in [-0.05, 0) is 18.6 Å². The van der Waals surface area contributed by atoms with Crippen LogP contribution in [0.3, 0.4) is 0 Å². The van der Waals surface area contributed by atoms with E-state index in [2.05, 4.69) is 23.7 Å². The van der Waals surface area contributed by atoms with Crippen LogP contribution in [0.15, 0.2) is 18.2 Å². The van der Waals surface area contributed by atoms with E-state index < -0.39 is 16.1 Å². The van der Waals surface area contributed by atoms with Crippen molar-refractivity contribution < 1.29 is 23.0 Å². The summed E-state index contributed by atoms with van der Waals surface area (Å²) >= 11 is 0. The Morgan fingerprint density at radius 2 is 1.79 bits per heavy atom. The maximum absolute atomic E-state index is 12.6. The van der Waals surface area contributed by atoms with Crippen molar-refractivity contribution in [2.75, 3.05) is 51.1 Å². The smallest absolute Gasteiger partial charge is 0.217 e. The number of anilines is 1. The Balaban J connectivity index is 1.90. The molecule has 1 heterocycles. The van der Waals surface area contributed by atoms with Gasteiger partial charge in [0.2, 0.25) is 10.0 Å². The molecule has 0 aliphatic carbocycles. The predicted molar refractivity (Wildman–Crippen MR) is 115 cm³/mol. The fourth-order valence-corrected chi connectivity index (χ4v) is 4.66. The monoisotopic (exact) mass is 424 g/mol. The lowest BCUT2D eigenvalue weighted by Crippen LogP contribution is -2.50. The van der Waals surface area contributed by atoms with Crippen molar-refractivity contribution in [1.82, 2.24) is 4.31 Å². The standard InChI is InChI=1S/C21H32N2O5S/c1-4-5-6-7-8-9-19(24)17-29(25,26)23-14-12-22(13-15-23)18-10-11-20(27-2)21(16-18)28-3/h10-11,16,19,24H,4-7,12-15,17H2,1-3H3. The van der Waals surface area contributed by atoms with Crippen LogP contribution >= 0.6 is 0 Å². The fraction of sp³-hybridized carbons (Fsp3) is 0.619. The molecule has 1 aromatic carbocycles. The Kier molecular flexibility index (Phi) is 9.08. The van der Waals surface area contributed by atoms with Gasteiger partial charge in [0.1, 0.15) is 11.9 Å². The zero-order valence-corrected chi connectivity index (χ0v) is 18.4. The lowest BCUT2D eigenvalue weighted by atomic mass is 10.2. The van der Waals surface area contributed by atoms with E-state index in [0.717, 1.165) is 24.9 Å². The first kappa shape index (κ1) is 23.3. The molecule has 2 rings (SSSR count). The molecule has 0 bridgehead atoms. The van der Waals surface area contributed by atoms with Crippen LogP contribution < -0.4 is 14.4 Å². The zero-order chi connectivity index (χ0) is 21.3. The summed E-state index contributed by atoms with van der Waals surface area (Å²) in [6, 6.07) is 5.66. The van der Waals surface area contributed by atoms with Gasteiger partial charge in [-0.3, -0.25) is 0 Å². The fourth-order valence-electron chi connectivity index (χ4n) is 3.25. The normalized spacial score (nSPS) is 16.1. The lowest BCUT2D eigenvalue weighted by molar-refractivity contribution is 0.251. The van der Waals surface area contributed by atoms with Crippen LogP contribution in [-0.4, -0.2) is 70.1 Å². The number of hydrogen-bond donors (Lipinski definition) is 1. The topological polar surface area (TPSA) is 79.3 Å². The van der Waals surface area contributed by atoms with Gasteiger partial charge in [-0.25, -0.2) is 8.42 Å². The number of nitrogens with zero attached hydrogens (tertiary/aromatic N) is 2. The highest BCUT2D eigenvalue weighted by atomic mass is 32.2. The Hall–Kier alpha value is -1.95. The summed E-state index contributed by atoms with van der Waals surface area (Å²) in [5.74, 6) is 6.48. The third-order valence-electron chi connectivity index (χ3n) is 4.91. The molecule has 1 atom stereocenters. The molecule has 0 saturated carbocycles. The molecule has 1 aromatic rings. The minimum absolute atomic E-state index is 0.357. The van der Waals surface area contributed by atoms with Gasteiger partial charge in [0.05, 0.1) is 14.2 Å². The van der Waals surface area contributed by atoms with Gasteiger partial charge in [0.15, 0.2) is 11.5 Å². The van der Waals surface area contributed by atoms with Gasteiger partial charge in [-0.2, -0.15) is 4.31 Å². The van der Waals surface area contributed by atoms with E-state index in [1.165, 1.54) is 4.31 Å². The predicted octanol–water partition coefficient (Wildman–Crippen LogP) is 2.10. The highest BCUT2D eigenvalue weighted by Gasteiger charge is 2.29. The van der Waals surface area contributed by atoms with Gasteiger partial charge in [-0.1, -0.05) is 25.7 Å². The largest absolute Gasteiger partial charge is 0.493 e. The maximum atomic E-state index is 12.6. The summed E-state index contributed by atoms with van der Waals surface area (Å²) in [7, 11) is -0.374. The molecule has 7 nitrogen and oxygen atoms in total. The summed E-state index contributed by atoms with van der Waals surface area (Å²) in [6.45, 7) is 3.97. The van der Waals surface area contributed by atoms with Crippen molar-refractivity contribution in [3.05, 3.63) is 18.2 Å². The molecule has 1 N–H and O–H groups in total. The van der Waals surface area contributed by atoms with Crippen molar-refractivity contribution in [2.24, 2.45) is 0 Å². The lowest BCUT2D eigenvalue weighted by Gasteiger charge is -2.35. The molecule has 1 saturated heterocycles. The molecular formula is C21H32N2O5S. The summed E-state index contributed by atoms with van der Waals surface area (Å²) in [5.41, 5.74) is 0.956. The van der Waals surface area contributed by atoms with E-state index in [1.807, 2.05) is 18.2 Å². The van der Waals surface area contributed by atoms with Crippen molar-refractivity contribution in [1.29, 1.82) is 0 Å². The minimum atomic E-state index is -3.55. The number of methoxy groups -OCH3 is 2. The van der Waals surface area contributed by atoms with Gasteiger partial charge in [0.25, 0.3) is 0 Å². The molecule has 8 heteroatoms. The van der Waals surface area contributed by atoms with Crippen LogP contribution in [-0.2, 0) is 10.0 Å². The Morgan fingerprint density at radius 3 is 2.41 bits per heavy atom. The number of aliphatic hydroxyl groups excluding tert-OH is 1. The molecule has 0 radical (unpaired) electrons. The number of benzene rings is 1. The second-order valence-corrected chi connectivity index (χ2v) is 9.01. The average Bonchev–Trinajstić information content (AvgIpc) is 2.72. The van der Waals surface area contributed by atoms with E-state index in [1.54, 1.807) is 14.2 Å². The molecule has 1 fully saturated rings. The third-order valence-corrected chi connectivity index (χ3v) is 6.80. The molecule has 1 aliphatic rings. The molecule has 0 aromatic heterocycles. The summed E-state index contributed by atoms with van der Waals surface area (Å²) in [4.78, 5) is 2.11. The van der Waals surface area contributed by atoms with Crippen LogP contribution in [0.1, 0.15) is 32.6 Å². The maximum Gasteiger partial charge on any atom is 0.217 e. The zero-order valence-electron chi connectivity index (χ0n) is 17.6. The van der Waals surface area contributed by atoms with Crippen LogP contribution in [0.4, 0.5) is 5.69 Å². The van der Waals surface area contributed by atoms with Crippen LogP contribution in [0, 0.1) is 11.8 Å². The first-order valence-corrected chi connectivity index (χ1v) is 11.6. The second kappa shape index (κ2) is 11.3. The Labute approximate surface area is 174 Å². The average molecular weight is 425 g/mol. The van der Waals surface area contributed by atoms with E-state index in [0.29, 0.717) is 44.1 Å². The van der Waals surface area contributed by atoms with Crippen molar-refractivity contribution >= 4 is 15.7 Å². The second-order valence-electron chi connectivity index (χ2n) is 7.00. The van der Waals surface area contributed by atoms with Gasteiger partial charge >= 0.3 is 0 Å². The Morgan fingerprint density at radius 1 is 1.10 bits per heavy atom. The van der Waals surface area contributed by atoms with Crippen LogP contribution in [0.2, 0.25) is 0 Å². The van der Waals surface area contributed by atoms with Gasteiger partial charge in [0, 0.05) is 44.4 Å². The molecule has 29 heavy (non-hydrogen) atoms. The highest BCUT2D eigenvalue weighted by molar-refractivity contribution is 7.89. The molecule has 0 amide bonds. The number of aliphatic hydroxyl groups is 1. The molecule has 1 aliphatic heterocycles. The highest BCUT2D eigenvalue weighted by Crippen LogP contribution is 2.32. The van der Waals surface area contributed by atoms with Crippen LogP contribution in [0.5, 0.6) is 11.5 Å². The molecular weight excluding hydrogens is 392 g/mol. The van der Waals surface area contributed by atoms with Crippen molar-refractivity contribution in [3.8, 4) is 23.3 Å². The number of hydrogen-bond acceptors (Lipinski definition) is 6. The summed E-state index contributed by atoms with van der Waals surface area (Å²) < 4.78 is 37.2. The quantitative estimate of drug-likeness (QED) is 0.483.